The summed E-state index contributed by atoms with van der Waals surface area (Å²) in [5.41, 5.74) is 3.03. The maximum atomic E-state index is 12.7. The Morgan fingerprint density at radius 2 is 1.80 bits per heavy atom. The molecule has 20 heavy (non-hydrogen) atoms. The van der Waals surface area contributed by atoms with E-state index < -0.39 is 5.78 Å². The van der Waals surface area contributed by atoms with Crippen molar-refractivity contribution in [1.29, 1.82) is 0 Å². The van der Waals surface area contributed by atoms with Gasteiger partial charge >= 0.3 is 0 Å². The molecule has 1 N–H and O–H groups in total. The predicted octanol–water partition coefficient (Wildman–Crippen LogP) is 2.07. The smallest absolute Gasteiger partial charge is 0.216 e. The predicted molar refractivity (Wildman–Crippen MR) is 72.1 cm³/mol. The monoisotopic (exact) mass is 271 g/mol. The highest BCUT2D eigenvalue weighted by molar-refractivity contribution is 6.63. The summed E-state index contributed by atoms with van der Waals surface area (Å²) in [6.45, 7) is 0. The van der Waals surface area contributed by atoms with Gasteiger partial charge in [0.1, 0.15) is 5.82 Å². The molecule has 2 rings (SSSR count). The van der Waals surface area contributed by atoms with Crippen LogP contribution < -0.4 is 5.43 Å². The molecule has 0 aliphatic rings. The lowest BCUT2D eigenvalue weighted by Gasteiger charge is -2.02. The standard InChI is InChI=1S/C14H10FN3O2/c15-11-1-3-12(4-2-11)17-18-13(9-19)14(20)10-5-7-16-8-6-10/h1-9,17H. The quantitative estimate of drug-likeness (QED) is 0.297. The van der Waals surface area contributed by atoms with Crippen molar-refractivity contribution < 1.29 is 14.0 Å². The van der Waals surface area contributed by atoms with Crippen molar-refractivity contribution in [2.45, 2.75) is 0 Å². The lowest BCUT2D eigenvalue weighted by molar-refractivity contribution is -0.102. The summed E-state index contributed by atoms with van der Waals surface area (Å²) in [5, 5.41) is 3.72. The average molecular weight is 271 g/mol. The number of ketones is 1. The second kappa shape index (κ2) is 6.33. The minimum Gasteiger partial charge on any atom is -0.296 e. The van der Waals surface area contributed by atoms with Crippen LogP contribution in [-0.2, 0) is 4.79 Å². The highest BCUT2D eigenvalue weighted by Crippen LogP contribution is 2.08. The number of carbonyl (C=O) groups is 2. The van der Waals surface area contributed by atoms with Crippen molar-refractivity contribution in [2.24, 2.45) is 5.10 Å². The number of Topliss-reactive ketones (excluding diaryl/α,β-unsaturated/α-hetero) is 1. The number of nitrogens with zero attached hydrogens (tertiary/aromatic N) is 2. The van der Waals surface area contributed by atoms with E-state index in [-0.39, 0.29) is 11.5 Å². The Hall–Kier alpha value is -2.89. The molecule has 0 radical (unpaired) electrons. The zero-order chi connectivity index (χ0) is 14.4. The van der Waals surface area contributed by atoms with Crippen LogP contribution in [0.5, 0.6) is 0 Å². The number of benzene rings is 1. The topological polar surface area (TPSA) is 71.4 Å². The van der Waals surface area contributed by atoms with Gasteiger partial charge < -0.3 is 0 Å². The molecule has 0 atom stereocenters. The molecule has 0 amide bonds. The van der Waals surface area contributed by atoms with Gasteiger partial charge in [0.25, 0.3) is 0 Å². The van der Waals surface area contributed by atoms with Gasteiger partial charge in [-0.05, 0) is 36.4 Å². The van der Waals surface area contributed by atoms with Crippen molar-refractivity contribution in [1.82, 2.24) is 4.98 Å². The third-order valence-electron chi connectivity index (χ3n) is 2.44. The molecule has 0 aliphatic heterocycles. The summed E-state index contributed by atoms with van der Waals surface area (Å²) in [5.74, 6) is -0.903. The highest BCUT2D eigenvalue weighted by atomic mass is 19.1. The Balaban J connectivity index is 2.15. The maximum absolute atomic E-state index is 12.7. The minimum atomic E-state index is -0.517. The molecule has 1 aromatic heterocycles. The van der Waals surface area contributed by atoms with E-state index in [0.29, 0.717) is 17.5 Å². The molecule has 0 aliphatic carbocycles. The molecule has 0 saturated heterocycles. The SMILES string of the molecule is O=CC(=NNc1ccc(F)cc1)C(=O)c1ccncc1. The summed E-state index contributed by atoms with van der Waals surface area (Å²) >= 11 is 0. The van der Waals surface area contributed by atoms with Crippen LogP contribution in [-0.4, -0.2) is 22.8 Å². The zero-order valence-corrected chi connectivity index (χ0v) is 10.3. The van der Waals surface area contributed by atoms with Crippen molar-refractivity contribution >= 4 is 23.5 Å². The number of anilines is 1. The number of aldehydes is 1. The molecule has 5 nitrogen and oxygen atoms in total. The molecule has 6 heteroatoms. The molecular formula is C14H10FN3O2. The number of hydrogen-bond donors (Lipinski definition) is 1. The fourth-order valence-corrected chi connectivity index (χ4v) is 1.43. The van der Waals surface area contributed by atoms with Gasteiger partial charge in [-0.1, -0.05) is 0 Å². The van der Waals surface area contributed by atoms with Crippen LogP contribution in [0.3, 0.4) is 0 Å². The van der Waals surface area contributed by atoms with Gasteiger partial charge in [0, 0.05) is 18.0 Å². The van der Waals surface area contributed by atoms with E-state index in [1.54, 1.807) is 0 Å². The Morgan fingerprint density at radius 3 is 2.40 bits per heavy atom. The van der Waals surface area contributed by atoms with Crippen LogP contribution in [0.4, 0.5) is 10.1 Å². The molecule has 0 fully saturated rings. The van der Waals surface area contributed by atoms with Crippen LogP contribution in [0.1, 0.15) is 10.4 Å². The first-order chi connectivity index (χ1) is 9.70. The average Bonchev–Trinajstić information content (AvgIpc) is 2.50. The first-order valence-corrected chi connectivity index (χ1v) is 5.70. The Labute approximate surface area is 114 Å². The van der Waals surface area contributed by atoms with Crippen LogP contribution in [0.15, 0.2) is 53.9 Å². The van der Waals surface area contributed by atoms with Crippen molar-refractivity contribution in [3.63, 3.8) is 0 Å². The van der Waals surface area contributed by atoms with Crippen LogP contribution in [0, 0.1) is 5.82 Å². The van der Waals surface area contributed by atoms with E-state index in [9.17, 15) is 14.0 Å². The molecule has 0 saturated carbocycles. The third-order valence-corrected chi connectivity index (χ3v) is 2.44. The second-order valence-corrected chi connectivity index (χ2v) is 3.80. The van der Waals surface area contributed by atoms with Gasteiger partial charge in [0.05, 0.1) is 5.69 Å². The summed E-state index contributed by atoms with van der Waals surface area (Å²) < 4.78 is 12.7. The Morgan fingerprint density at radius 1 is 1.15 bits per heavy atom. The van der Waals surface area contributed by atoms with Gasteiger partial charge in [-0.2, -0.15) is 5.10 Å². The van der Waals surface area contributed by atoms with E-state index in [1.807, 2.05) is 0 Å². The number of aromatic nitrogens is 1. The zero-order valence-electron chi connectivity index (χ0n) is 10.3. The summed E-state index contributed by atoms with van der Waals surface area (Å²) in [6, 6.07) is 8.33. The number of rotatable bonds is 5. The molecule has 2 aromatic rings. The highest BCUT2D eigenvalue weighted by Gasteiger charge is 2.13. The molecule has 0 spiro atoms. The van der Waals surface area contributed by atoms with E-state index >= 15 is 0 Å². The second-order valence-electron chi connectivity index (χ2n) is 3.80. The van der Waals surface area contributed by atoms with E-state index in [1.165, 1.54) is 48.8 Å². The Kier molecular flexibility index (Phi) is 4.28. The number of carbonyl (C=O) groups excluding carboxylic acids is 2. The summed E-state index contributed by atoms with van der Waals surface area (Å²) in [4.78, 5) is 26.7. The molecule has 100 valence electrons. The normalized spacial score (nSPS) is 10.9. The van der Waals surface area contributed by atoms with Crippen LogP contribution in [0.2, 0.25) is 0 Å². The van der Waals surface area contributed by atoms with Gasteiger partial charge in [-0.25, -0.2) is 4.39 Å². The molecular weight excluding hydrogens is 261 g/mol. The van der Waals surface area contributed by atoms with Gasteiger partial charge in [0.2, 0.25) is 5.78 Å². The number of nitrogens with one attached hydrogen (secondary N) is 1. The largest absolute Gasteiger partial charge is 0.296 e. The maximum Gasteiger partial charge on any atom is 0.216 e. The van der Waals surface area contributed by atoms with Crippen molar-refractivity contribution in [3.8, 4) is 0 Å². The number of hydrazone groups is 1. The lowest BCUT2D eigenvalue weighted by Crippen LogP contribution is -2.17. The summed E-state index contributed by atoms with van der Waals surface area (Å²) in [6.07, 6.45) is 3.26. The first-order valence-electron chi connectivity index (χ1n) is 5.70. The van der Waals surface area contributed by atoms with Crippen molar-refractivity contribution in [3.05, 3.63) is 60.2 Å². The van der Waals surface area contributed by atoms with Gasteiger partial charge in [-0.3, -0.25) is 20.0 Å². The van der Waals surface area contributed by atoms with Crippen molar-refractivity contribution in [2.75, 3.05) is 5.43 Å². The minimum absolute atomic E-state index is 0.277. The van der Waals surface area contributed by atoms with Crippen LogP contribution in [0.25, 0.3) is 0 Å². The van der Waals surface area contributed by atoms with E-state index in [4.69, 9.17) is 0 Å². The lowest BCUT2D eigenvalue weighted by atomic mass is 10.1. The third kappa shape index (κ3) is 3.32. The van der Waals surface area contributed by atoms with Gasteiger partial charge in [-0.15, -0.1) is 0 Å². The van der Waals surface area contributed by atoms with E-state index in [2.05, 4.69) is 15.5 Å². The summed E-state index contributed by atoms with van der Waals surface area (Å²) in [7, 11) is 0. The number of pyridine rings is 1. The van der Waals surface area contributed by atoms with E-state index in [0.717, 1.165) is 0 Å². The van der Waals surface area contributed by atoms with Crippen LogP contribution >= 0.6 is 0 Å². The Bertz CT molecular complexity index is 639. The first kappa shape index (κ1) is 13.5. The molecule has 0 unspecified atom stereocenters. The number of halogens is 1. The fourth-order valence-electron chi connectivity index (χ4n) is 1.43. The molecule has 1 heterocycles. The molecule has 0 bridgehead atoms. The number of hydrogen-bond acceptors (Lipinski definition) is 5. The fraction of sp³-hybridized carbons (Fsp3) is 0. The molecule has 1 aromatic carbocycles. The van der Waals surface area contributed by atoms with Gasteiger partial charge in [0.15, 0.2) is 12.0 Å².